The molecule has 0 atom stereocenters. The third-order valence-corrected chi connectivity index (χ3v) is 3.08. The van der Waals surface area contributed by atoms with Gasteiger partial charge in [-0.15, -0.1) is 0 Å². The highest BCUT2D eigenvalue weighted by atomic mass is 15.0. The van der Waals surface area contributed by atoms with Crippen molar-refractivity contribution in [2.75, 3.05) is 0 Å². The molecule has 4 nitrogen and oxygen atoms in total. The Labute approximate surface area is 116 Å². The molecule has 1 rings (SSSR count). The van der Waals surface area contributed by atoms with Gasteiger partial charge in [0.05, 0.1) is 6.54 Å². The van der Waals surface area contributed by atoms with E-state index in [1.807, 2.05) is 0 Å². The normalized spacial score (nSPS) is 12.3. The van der Waals surface area contributed by atoms with E-state index in [-0.39, 0.29) is 16.9 Å². The second-order valence-corrected chi connectivity index (χ2v) is 6.49. The Kier molecular flexibility index (Phi) is 4.58. The first-order valence-electron chi connectivity index (χ1n) is 6.54. The molecule has 0 radical (unpaired) electrons. The molecule has 0 fully saturated rings. The van der Waals surface area contributed by atoms with Gasteiger partial charge in [-0.1, -0.05) is 38.1 Å². The average molecular weight is 262 g/mol. The fourth-order valence-corrected chi connectivity index (χ4v) is 2.49. The van der Waals surface area contributed by atoms with E-state index in [0.717, 1.165) is 12.0 Å². The smallest absolute Gasteiger partial charge is 0.186 e. The monoisotopic (exact) mass is 262 g/mol. The van der Waals surface area contributed by atoms with Gasteiger partial charge < -0.3 is 17.2 Å². The molecule has 1 aromatic rings. The largest absolute Gasteiger partial charge is 0.370 e. The quantitative estimate of drug-likeness (QED) is 0.559. The van der Waals surface area contributed by atoms with Gasteiger partial charge in [0.2, 0.25) is 0 Å². The van der Waals surface area contributed by atoms with E-state index in [2.05, 4.69) is 57.0 Å². The van der Waals surface area contributed by atoms with Crippen molar-refractivity contribution in [2.24, 2.45) is 22.2 Å². The molecule has 0 saturated carbocycles. The van der Waals surface area contributed by atoms with Gasteiger partial charge in [0, 0.05) is 5.54 Å². The molecule has 6 N–H and O–H groups in total. The van der Waals surface area contributed by atoms with Crippen LogP contribution in [-0.2, 0) is 12.0 Å². The summed E-state index contributed by atoms with van der Waals surface area (Å²) < 4.78 is 0. The number of benzene rings is 1. The predicted octanol–water partition coefficient (Wildman–Crippen LogP) is 1.86. The Morgan fingerprint density at radius 1 is 1.05 bits per heavy atom. The Morgan fingerprint density at radius 3 is 2.00 bits per heavy atom. The Morgan fingerprint density at radius 2 is 1.58 bits per heavy atom. The van der Waals surface area contributed by atoms with E-state index in [1.165, 1.54) is 5.56 Å². The first kappa shape index (κ1) is 15.5. The molecule has 0 aliphatic rings. The van der Waals surface area contributed by atoms with Crippen LogP contribution in [0.2, 0.25) is 0 Å². The first-order chi connectivity index (χ1) is 8.60. The van der Waals surface area contributed by atoms with Gasteiger partial charge in [-0.05, 0) is 36.8 Å². The molecule has 0 aromatic heterocycles. The standard InChI is InChI=1S/C15H26N4/c1-14(2,10-15(3,4)18)12-7-5-11(6-8-12)9-19-13(16)17/h5-8H,9-10,18H2,1-4H3,(H4,16,17,19). The van der Waals surface area contributed by atoms with Gasteiger partial charge in [0.1, 0.15) is 0 Å². The maximum Gasteiger partial charge on any atom is 0.186 e. The van der Waals surface area contributed by atoms with Crippen LogP contribution in [0.3, 0.4) is 0 Å². The minimum absolute atomic E-state index is 0.0486. The Balaban J connectivity index is 2.83. The fourth-order valence-electron chi connectivity index (χ4n) is 2.49. The maximum absolute atomic E-state index is 6.12. The zero-order valence-corrected chi connectivity index (χ0v) is 12.4. The molecular formula is C15H26N4. The third kappa shape index (κ3) is 5.30. The van der Waals surface area contributed by atoms with Gasteiger partial charge in [-0.25, -0.2) is 4.99 Å². The zero-order chi connectivity index (χ0) is 14.7. The highest BCUT2D eigenvalue weighted by Crippen LogP contribution is 2.31. The lowest BCUT2D eigenvalue weighted by Gasteiger charge is -2.33. The van der Waals surface area contributed by atoms with Crippen molar-refractivity contribution in [1.29, 1.82) is 0 Å². The van der Waals surface area contributed by atoms with Crippen molar-refractivity contribution in [3.05, 3.63) is 35.4 Å². The Hall–Kier alpha value is -1.55. The molecule has 19 heavy (non-hydrogen) atoms. The number of aliphatic imine (C=N–C) groups is 1. The number of hydrogen-bond donors (Lipinski definition) is 3. The number of guanidine groups is 1. The molecule has 0 spiro atoms. The molecular weight excluding hydrogens is 236 g/mol. The minimum Gasteiger partial charge on any atom is -0.370 e. The summed E-state index contributed by atoms with van der Waals surface area (Å²) in [5.41, 5.74) is 19.0. The number of nitrogens with two attached hydrogens (primary N) is 3. The fraction of sp³-hybridized carbons (Fsp3) is 0.533. The number of nitrogens with zero attached hydrogens (tertiary/aromatic N) is 1. The maximum atomic E-state index is 6.12. The van der Waals surface area contributed by atoms with Crippen molar-refractivity contribution in [3.63, 3.8) is 0 Å². The minimum atomic E-state index is -0.180. The highest BCUT2D eigenvalue weighted by molar-refractivity contribution is 5.75. The van der Waals surface area contributed by atoms with Gasteiger partial charge in [0.25, 0.3) is 0 Å². The Bertz CT molecular complexity index is 434. The molecule has 0 aliphatic heterocycles. The lowest BCUT2D eigenvalue weighted by atomic mass is 9.75. The average Bonchev–Trinajstić information content (AvgIpc) is 2.23. The summed E-state index contributed by atoms with van der Waals surface area (Å²) in [4.78, 5) is 4.00. The third-order valence-electron chi connectivity index (χ3n) is 3.08. The van der Waals surface area contributed by atoms with Crippen molar-refractivity contribution >= 4 is 5.96 Å². The molecule has 0 aliphatic carbocycles. The van der Waals surface area contributed by atoms with Crippen LogP contribution >= 0.6 is 0 Å². The van der Waals surface area contributed by atoms with Gasteiger partial charge in [0.15, 0.2) is 5.96 Å². The lowest BCUT2D eigenvalue weighted by Crippen LogP contribution is -2.39. The summed E-state index contributed by atoms with van der Waals surface area (Å²) in [6.07, 6.45) is 0.924. The lowest BCUT2D eigenvalue weighted by molar-refractivity contribution is 0.350. The molecule has 0 amide bonds. The topological polar surface area (TPSA) is 90.4 Å². The van der Waals surface area contributed by atoms with Crippen LogP contribution in [0.4, 0.5) is 0 Å². The van der Waals surface area contributed by atoms with Crippen LogP contribution < -0.4 is 17.2 Å². The van der Waals surface area contributed by atoms with E-state index in [0.29, 0.717) is 6.54 Å². The van der Waals surface area contributed by atoms with Gasteiger partial charge in [-0.2, -0.15) is 0 Å². The van der Waals surface area contributed by atoms with Crippen molar-refractivity contribution in [3.8, 4) is 0 Å². The summed E-state index contributed by atoms with van der Waals surface area (Å²) in [6, 6.07) is 8.38. The second-order valence-electron chi connectivity index (χ2n) is 6.49. The molecule has 0 bridgehead atoms. The summed E-state index contributed by atoms with van der Waals surface area (Å²) in [7, 11) is 0. The molecule has 0 heterocycles. The van der Waals surface area contributed by atoms with E-state index >= 15 is 0 Å². The van der Waals surface area contributed by atoms with Crippen LogP contribution in [0.1, 0.15) is 45.2 Å². The van der Waals surface area contributed by atoms with E-state index in [9.17, 15) is 0 Å². The predicted molar refractivity (Wildman–Crippen MR) is 81.9 cm³/mol. The summed E-state index contributed by atoms with van der Waals surface area (Å²) in [5.74, 6) is 0.120. The van der Waals surface area contributed by atoms with E-state index < -0.39 is 0 Å². The van der Waals surface area contributed by atoms with E-state index in [1.54, 1.807) is 0 Å². The first-order valence-corrected chi connectivity index (χ1v) is 6.54. The van der Waals surface area contributed by atoms with Crippen LogP contribution in [0, 0.1) is 0 Å². The van der Waals surface area contributed by atoms with Crippen LogP contribution in [0.5, 0.6) is 0 Å². The molecule has 0 unspecified atom stereocenters. The van der Waals surface area contributed by atoms with Crippen molar-refractivity contribution in [1.82, 2.24) is 0 Å². The molecule has 1 aromatic carbocycles. The van der Waals surface area contributed by atoms with Crippen LogP contribution in [0.15, 0.2) is 29.3 Å². The second kappa shape index (κ2) is 5.61. The number of rotatable bonds is 5. The van der Waals surface area contributed by atoms with Gasteiger partial charge >= 0.3 is 0 Å². The zero-order valence-electron chi connectivity index (χ0n) is 12.4. The van der Waals surface area contributed by atoms with E-state index in [4.69, 9.17) is 17.2 Å². The molecule has 0 saturated heterocycles. The van der Waals surface area contributed by atoms with Gasteiger partial charge in [-0.3, -0.25) is 0 Å². The summed E-state index contributed by atoms with van der Waals surface area (Å²) >= 11 is 0. The van der Waals surface area contributed by atoms with Crippen molar-refractivity contribution < 1.29 is 0 Å². The highest BCUT2D eigenvalue weighted by Gasteiger charge is 2.27. The SMILES string of the molecule is CC(C)(N)CC(C)(C)c1ccc(CN=C(N)N)cc1. The summed E-state index contributed by atoms with van der Waals surface area (Å²) in [5, 5.41) is 0. The molecule has 4 heteroatoms. The van der Waals surface area contributed by atoms with Crippen LogP contribution in [-0.4, -0.2) is 11.5 Å². The van der Waals surface area contributed by atoms with Crippen LogP contribution in [0.25, 0.3) is 0 Å². The summed E-state index contributed by atoms with van der Waals surface area (Å²) in [6.45, 7) is 9.06. The van der Waals surface area contributed by atoms with Crippen molar-refractivity contribution in [2.45, 2.75) is 51.6 Å². The molecule has 106 valence electrons. The number of hydrogen-bond acceptors (Lipinski definition) is 2.